The molecule has 21 heavy (non-hydrogen) atoms. The summed E-state index contributed by atoms with van der Waals surface area (Å²) in [4.78, 5) is 9.79. The zero-order valence-corrected chi connectivity index (χ0v) is 13.3. The number of rotatable bonds is 4. The number of sulfonamides is 1. The van der Waals surface area contributed by atoms with Gasteiger partial charge in [0.05, 0.1) is 9.95 Å². The number of nitrogens with zero attached hydrogens (tertiary/aromatic N) is 1. The molecular weight excluding hydrogens is 339 g/mol. The van der Waals surface area contributed by atoms with Gasteiger partial charge in [-0.3, -0.25) is 10.1 Å². The maximum Gasteiger partial charge on any atom is 0.270 e. The number of benzene rings is 1. The van der Waals surface area contributed by atoms with E-state index in [2.05, 4.69) is 4.72 Å². The summed E-state index contributed by atoms with van der Waals surface area (Å²) in [5, 5.41) is 10.4. The molecule has 1 aromatic carbocycles. The van der Waals surface area contributed by atoms with Gasteiger partial charge in [-0.15, -0.1) is 11.6 Å². The summed E-state index contributed by atoms with van der Waals surface area (Å²) in [6, 6.07) is 2.93. The second-order valence-electron chi connectivity index (χ2n) is 4.90. The maximum absolute atomic E-state index is 12.4. The van der Waals surface area contributed by atoms with Gasteiger partial charge in [-0.25, -0.2) is 13.1 Å². The Morgan fingerprint density at radius 2 is 1.95 bits per heavy atom. The van der Waals surface area contributed by atoms with Gasteiger partial charge in [-0.1, -0.05) is 24.4 Å². The topological polar surface area (TPSA) is 89.3 Å². The monoisotopic (exact) mass is 352 g/mol. The Bertz CT molecular complexity index is 651. The molecule has 0 amide bonds. The number of halogens is 2. The fourth-order valence-corrected chi connectivity index (χ4v) is 4.54. The first-order valence-corrected chi connectivity index (χ1v) is 8.71. The number of alkyl halides is 1. The molecule has 1 N–H and O–H groups in total. The molecule has 0 saturated heterocycles. The van der Waals surface area contributed by atoms with E-state index in [1.807, 2.05) is 0 Å². The lowest BCUT2D eigenvalue weighted by atomic mass is 9.96. The summed E-state index contributed by atoms with van der Waals surface area (Å²) in [6.07, 6.45) is 3.22. The van der Waals surface area contributed by atoms with E-state index in [1.54, 1.807) is 0 Å². The van der Waals surface area contributed by atoms with Gasteiger partial charge in [0, 0.05) is 23.6 Å². The largest absolute Gasteiger partial charge is 0.270 e. The zero-order valence-electron chi connectivity index (χ0n) is 11.0. The van der Waals surface area contributed by atoms with Crippen LogP contribution in [0.4, 0.5) is 5.69 Å². The average Bonchev–Trinajstić information content (AvgIpc) is 2.41. The van der Waals surface area contributed by atoms with Gasteiger partial charge in [0.2, 0.25) is 10.0 Å². The van der Waals surface area contributed by atoms with Crippen molar-refractivity contribution in [2.24, 2.45) is 0 Å². The van der Waals surface area contributed by atoms with E-state index in [4.69, 9.17) is 23.2 Å². The molecule has 9 heteroatoms. The standard InChI is InChI=1S/C12H14Cl2N2O4S/c13-9-3-1-2-4-11(9)15-21(19,20)12-7-8(16(17)18)5-6-10(12)14/h5-7,9,11,15H,1-4H2. The number of nitro groups is 1. The van der Waals surface area contributed by atoms with Gasteiger partial charge in [0.1, 0.15) is 4.90 Å². The van der Waals surface area contributed by atoms with Crippen LogP contribution in [-0.4, -0.2) is 24.8 Å². The lowest BCUT2D eigenvalue weighted by Gasteiger charge is -2.27. The molecule has 2 atom stereocenters. The number of hydrogen-bond acceptors (Lipinski definition) is 4. The third kappa shape index (κ3) is 3.85. The van der Waals surface area contributed by atoms with Crippen LogP contribution in [0, 0.1) is 10.1 Å². The fraction of sp³-hybridized carbons (Fsp3) is 0.500. The molecule has 116 valence electrons. The molecular formula is C12H14Cl2N2O4S. The van der Waals surface area contributed by atoms with E-state index >= 15 is 0 Å². The SMILES string of the molecule is O=[N+]([O-])c1ccc(Cl)c(S(=O)(=O)NC2CCCCC2Cl)c1. The highest BCUT2D eigenvalue weighted by Crippen LogP contribution is 2.29. The molecule has 1 aliphatic carbocycles. The first-order chi connectivity index (χ1) is 9.81. The Kier molecular flexibility index (Phi) is 5.08. The van der Waals surface area contributed by atoms with Crippen molar-refractivity contribution in [2.45, 2.75) is 42.0 Å². The zero-order chi connectivity index (χ0) is 15.6. The average molecular weight is 353 g/mol. The highest BCUT2D eigenvalue weighted by atomic mass is 35.5. The third-order valence-electron chi connectivity index (χ3n) is 3.40. The normalized spacial score (nSPS) is 23.0. The first-order valence-electron chi connectivity index (χ1n) is 6.41. The number of nitro benzene ring substituents is 1. The van der Waals surface area contributed by atoms with Gasteiger partial charge in [-0.05, 0) is 18.9 Å². The van der Waals surface area contributed by atoms with Crippen LogP contribution < -0.4 is 4.72 Å². The van der Waals surface area contributed by atoms with Crippen LogP contribution in [0.3, 0.4) is 0 Å². The highest BCUT2D eigenvalue weighted by molar-refractivity contribution is 7.89. The van der Waals surface area contributed by atoms with Crippen molar-refractivity contribution in [3.63, 3.8) is 0 Å². The Morgan fingerprint density at radius 3 is 2.57 bits per heavy atom. The predicted octanol–water partition coefficient (Wildman–Crippen LogP) is 3.08. The number of hydrogen-bond donors (Lipinski definition) is 1. The van der Waals surface area contributed by atoms with Crippen LogP contribution >= 0.6 is 23.2 Å². The van der Waals surface area contributed by atoms with E-state index in [9.17, 15) is 18.5 Å². The minimum Gasteiger partial charge on any atom is -0.258 e. The fourth-order valence-electron chi connectivity index (χ4n) is 2.29. The molecule has 1 aromatic rings. The molecule has 6 nitrogen and oxygen atoms in total. The second kappa shape index (κ2) is 6.48. The minimum atomic E-state index is -3.95. The summed E-state index contributed by atoms with van der Waals surface area (Å²) in [6.45, 7) is 0. The van der Waals surface area contributed by atoms with Gasteiger partial charge < -0.3 is 0 Å². The summed E-state index contributed by atoms with van der Waals surface area (Å²) in [5.74, 6) is 0. The van der Waals surface area contributed by atoms with E-state index < -0.39 is 14.9 Å². The van der Waals surface area contributed by atoms with Gasteiger partial charge >= 0.3 is 0 Å². The molecule has 2 rings (SSSR count). The van der Waals surface area contributed by atoms with Crippen LogP contribution in [0.1, 0.15) is 25.7 Å². The Balaban J connectivity index is 2.30. The van der Waals surface area contributed by atoms with Crippen LogP contribution in [0.5, 0.6) is 0 Å². The van der Waals surface area contributed by atoms with Crippen LogP contribution in [-0.2, 0) is 10.0 Å². The maximum atomic E-state index is 12.4. The van der Waals surface area contributed by atoms with Crippen molar-refractivity contribution in [1.29, 1.82) is 0 Å². The molecule has 2 unspecified atom stereocenters. The lowest BCUT2D eigenvalue weighted by Crippen LogP contribution is -2.42. The van der Waals surface area contributed by atoms with Crippen molar-refractivity contribution in [2.75, 3.05) is 0 Å². The minimum absolute atomic E-state index is 0.0602. The third-order valence-corrected chi connectivity index (χ3v) is 5.90. The van der Waals surface area contributed by atoms with Gasteiger partial charge in [-0.2, -0.15) is 0 Å². The molecule has 0 radical (unpaired) electrons. The molecule has 0 heterocycles. The van der Waals surface area contributed by atoms with Crippen LogP contribution in [0.15, 0.2) is 23.1 Å². The molecule has 0 aliphatic heterocycles. The second-order valence-corrected chi connectivity index (χ2v) is 7.55. The summed E-state index contributed by atoms with van der Waals surface area (Å²) < 4.78 is 27.2. The van der Waals surface area contributed by atoms with Gasteiger partial charge in [0.15, 0.2) is 0 Å². The lowest BCUT2D eigenvalue weighted by molar-refractivity contribution is -0.385. The Hall–Kier alpha value is -0.890. The summed E-state index contributed by atoms with van der Waals surface area (Å²) in [7, 11) is -3.95. The van der Waals surface area contributed by atoms with Crippen molar-refractivity contribution in [3.05, 3.63) is 33.3 Å². The van der Waals surface area contributed by atoms with E-state index in [0.29, 0.717) is 6.42 Å². The van der Waals surface area contributed by atoms with E-state index in [1.165, 1.54) is 6.07 Å². The van der Waals surface area contributed by atoms with Crippen molar-refractivity contribution >= 4 is 38.9 Å². The van der Waals surface area contributed by atoms with Crippen molar-refractivity contribution in [3.8, 4) is 0 Å². The molecule has 1 saturated carbocycles. The predicted molar refractivity (Wildman–Crippen MR) is 80.3 cm³/mol. The number of nitrogens with one attached hydrogen (secondary N) is 1. The molecule has 0 aromatic heterocycles. The summed E-state index contributed by atoms with van der Waals surface area (Å²) in [5.41, 5.74) is -0.328. The number of non-ortho nitro benzene ring substituents is 1. The highest BCUT2D eigenvalue weighted by Gasteiger charge is 2.30. The van der Waals surface area contributed by atoms with Crippen LogP contribution in [0.2, 0.25) is 5.02 Å². The van der Waals surface area contributed by atoms with Crippen molar-refractivity contribution in [1.82, 2.24) is 4.72 Å². The smallest absolute Gasteiger partial charge is 0.258 e. The van der Waals surface area contributed by atoms with Crippen LogP contribution in [0.25, 0.3) is 0 Å². The Morgan fingerprint density at radius 1 is 1.29 bits per heavy atom. The van der Waals surface area contributed by atoms with Crippen molar-refractivity contribution < 1.29 is 13.3 Å². The Labute approximate surface area is 132 Å². The van der Waals surface area contributed by atoms with Gasteiger partial charge in [0.25, 0.3) is 5.69 Å². The van der Waals surface area contributed by atoms with E-state index in [0.717, 1.165) is 31.4 Å². The molecule has 1 aliphatic rings. The molecule has 1 fully saturated rings. The molecule has 0 spiro atoms. The van der Waals surface area contributed by atoms with E-state index in [-0.39, 0.29) is 27.0 Å². The quantitative estimate of drug-likeness (QED) is 0.512. The first kappa shape index (κ1) is 16.5. The molecule has 0 bridgehead atoms. The summed E-state index contributed by atoms with van der Waals surface area (Å²) >= 11 is 12.0.